The molecule has 5 rings (SSSR count). The molecular weight excluding hydrogens is 556 g/mol. The van der Waals surface area contributed by atoms with Crippen LogP contribution < -0.4 is 21.9 Å². The maximum atomic E-state index is 14.7. The molecular formula is C32H33F2N5O4. The van der Waals surface area contributed by atoms with E-state index in [1.807, 2.05) is 48.5 Å². The van der Waals surface area contributed by atoms with E-state index in [0.717, 1.165) is 27.8 Å². The van der Waals surface area contributed by atoms with E-state index >= 15 is 0 Å². The minimum atomic E-state index is -0.797. The number of nitrogens with two attached hydrogens (primary N) is 1. The fourth-order valence-corrected chi connectivity index (χ4v) is 5.26. The Morgan fingerprint density at radius 2 is 1.47 bits per heavy atom. The molecule has 0 aliphatic carbocycles. The minimum Gasteiger partial charge on any atom is -0.445 e. The van der Waals surface area contributed by atoms with E-state index in [4.69, 9.17) is 10.5 Å². The number of carbonyl (C=O) groups is 1. The van der Waals surface area contributed by atoms with E-state index in [9.17, 15) is 23.2 Å². The lowest BCUT2D eigenvalue weighted by molar-refractivity contribution is 0.0941. The number of hydrogen-bond donors (Lipinski definition) is 1. The largest absolute Gasteiger partial charge is 0.445 e. The highest BCUT2D eigenvalue weighted by Gasteiger charge is 2.28. The molecule has 1 fully saturated rings. The highest BCUT2D eigenvalue weighted by Crippen LogP contribution is 2.21. The Labute approximate surface area is 247 Å². The molecule has 0 saturated carbocycles. The molecule has 1 aliphatic heterocycles. The fraction of sp³-hybridized carbons (Fsp3) is 0.281. The number of benzene rings is 3. The number of rotatable bonds is 8. The van der Waals surface area contributed by atoms with Gasteiger partial charge in [-0.05, 0) is 30.2 Å². The molecule has 0 unspecified atom stereocenters. The highest BCUT2D eigenvalue weighted by atomic mass is 19.1. The van der Waals surface area contributed by atoms with Gasteiger partial charge in [-0.15, -0.1) is 0 Å². The topological polar surface area (TPSA) is 103 Å². The smallest absolute Gasteiger partial charge is 0.410 e. The average molecular weight is 590 g/mol. The zero-order valence-corrected chi connectivity index (χ0v) is 23.8. The van der Waals surface area contributed by atoms with Gasteiger partial charge >= 0.3 is 11.8 Å². The molecule has 9 nitrogen and oxygen atoms in total. The van der Waals surface area contributed by atoms with Crippen LogP contribution in [0.25, 0.3) is 0 Å². The van der Waals surface area contributed by atoms with Crippen molar-refractivity contribution < 1.29 is 18.3 Å². The molecule has 1 aromatic heterocycles. The minimum absolute atomic E-state index is 0.138. The zero-order chi connectivity index (χ0) is 30.5. The summed E-state index contributed by atoms with van der Waals surface area (Å²) in [5.74, 6) is -1.59. The van der Waals surface area contributed by atoms with Crippen molar-refractivity contribution in [1.82, 2.24) is 14.0 Å². The van der Waals surface area contributed by atoms with E-state index in [2.05, 4.69) is 0 Å². The third-order valence-corrected chi connectivity index (χ3v) is 7.70. The van der Waals surface area contributed by atoms with Gasteiger partial charge in [0.1, 0.15) is 23.9 Å². The van der Waals surface area contributed by atoms with E-state index in [0.29, 0.717) is 0 Å². The van der Waals surface area contributed by atoms with Gasteiger partial charge in [0.2, 0.25) is 0 Å². The van der Waals surface area contributed by atoms with Crippen LogP contribution in [0.5, 0.6) is 0 Å². The number of nitrogens with zero attached hydrogens (tertiary/aromatic N) is 4. The lowest BCUT2D eigenvalue weighted by Gasteiger charge is -2.36. The van der Waals surface area contributed by atoms with Crippen LogP contribution in [0, 0.1) is 18.6 Å². The summed E-state index contributed by atoms with van der Waals surface area (Å²) in [4.78, 5) is 43.7. The molecule has 1 saturated heterocycles. The number of carbonyl (C=O) groups excluding carboxylic acids is 1. The summed E-state index contributed by atoms with van der Waals surface area (Å²) >= 11 is 0. The van der Waals surface area contributed by atoms with Crippen LogP contribution in [0.1, 0.15) is 28.4 Å². The second kappa shape index (κ2) is 13.0. The fourth-order valence-electron chi connectivity index (χ4n) is 5.26. The molecule has 1 aliphatic rings. The Morgan fingerprint density at radius 3 is 2.09 bits per heavy atom. The molecule has 1 atom stereocenters. The molecule has 0 radical (unpaired) electrons. The molecule has 4 aromatic rings. The van der Waals surface area contributed by atoms with Crippen molar-refractivity contribution in [2.45, 2.75) is 32.7 Å². The first-order valence-electron chi connectivity index (χ1n) is 14.0. The van der Waals surface area contributed by atoms with Crippen LogP contribution in [-0.4, -0.2) is 46.3 Å². The number of anilines is 1. The summed E-state index contributed by atoms with van der Waals surface area (Å²) in [6.45, 7) is 2.29. The van der Waals surface area contributed by atoms with E-state index in [1.54, 1.807) is 28.9 Å². The molecule has 2 N–H and O–H groups in total. The number of piperazine rings is 1. The van der Waals surface area contributed by atoms with Crippen LogP contribution in [0.2, 0.25) is 0 Å². The molecule has 3 aromatic carbocycles. The predicted octanol–water partition coefficient (Wildman–Crippen LogP) is 3.80. The van der Waals surface area contributed by atoms with Gasteiger partial charge in [-0.3, -0.25) is 13.9 Å². The average Bonchev–Trinajstić information content (AvgIpc) is 3.02. The first kappa shape index (κ1) is 29.7. The lowest BCUT2D eigenvalue weighted by atomic mass is 10.1. The SMILES string of the molecule is Cc1c(N2CCN(C(=O)OCc3ccccc3)CC2)c(=O)n(C[C@@H](N)c2ccccc2)c(=O)n1Cc1c(F)cccc1F. The number of aromatic nitrogens is 2. The van der Waals surface area contributed by atoms with Gasteiger partial charge in [-0.2, -0.15) is 0 Å². The Bertz CT molecular complexity index is 1680. The number of amides is 1. The van der Waals surface area contributed by atoms with Crippen molar-refractivity contribution in [2.24, 2.45) is 5.73 Å². The molecule has 11 heteroatoms. The first-order chi connectivity index (χ1) is 20.7. The van der Waals surface area contributed by atoms with Crippen molar-refractivity contribution in [1.29, 1.82) is 0 Å². The molecule has 2 heterocycles. The summed E-state index contributed by atoms with van der Waals surface area (Å²) in [6.07, 6.45) is -0.466. The second-order valence-corrected chi connectivity index (χ2v) is 10.5. The van der Waals surface area contributed by atoms with Crippen molar-refractivity contribution in [2.75, 3.05) is 31.1 Å². The lowest BCUT2D eigenvalue weighted by Crippen LogP contribution is -2.53. The van der Waals surface area contributed by atoms with Gasteiger partial charge < -0.3 is 20.3 Å². The number of halogens is 2. The summed E-state index contributed by atoms with van der Waals surface area (Å²) in [7, 11) is 0. The normalized spacial score (nSPS) is 14.0. The Hall–Kier alpha value is -4.77. The van der Waals surface area contributed by atoms with Gasteiger partial charge in [0.25, 0.3) is 5.56 Å². The van der Waals surface area contributed by atoms with E-state index in [-0.39, 0.29) is 56.3 Å². The standard InChI is InChI=1S/C32H33F2N5O4/c1-22-29(36-15-17-37(18-16-36)32(42)43-21-23-9-4-2-5-10-23)30(40)39(20-28(35)24-11-6-3-7-12-24)31(41)38(22)19-25-26(33)13-8-14-27(25)34/h2-14,28H,15-21,35H2,1H3/t28-/m1/s1. The van der Waals surface area contributed by atoms with Gasteiger partial charge in [0, 0.05) is 43.5 Å². The van der Waals surface area contributed by atoms with Gasteiger partial charge in [0.05, 0.1) is 13.1 Å². The predicted molar refractivity (Wildman–Crippen MR) is 159 cm³/mol. The van der Waals surface area contributed by atoms with Crippen molar-refractivity contribution in [3.63, 3.8) is 0 Å². The molecule has 0 spiro atoms. The van der Waals surface area contributed by atoms with Gasteiger partial charge in [-0.25, -0.2) is 18.4 Å². The van der Waals surface area contributed by atoms with Crippen LogP contribution in [0.15, 0.2) is 88.5 Å². The quantitative estimate of drug-likeness (QED) is 0.336. The summed E-state index contributed by atoms with van der Waals surface area (Å²) in [5.41, 5.74) is 6.92. The van der Waals surface area contributed by atoms with E-state index < -0.39 is 41.6 Å². The van der Waals surface area contributed by atoms with Gasteiger partial charge in [0.15, 0.2) is 0 Å². The van der Waals surface area contributed by atoms with Crippen LogP contribution in [0.4, 0.5) is 19.3 Å². The summed E-state index contributed by atoms with van der Waals surface area (Å²) in [5, 5.41) is 0. The Morgan fingerprint density at radius 1 is 0.860 bits per heavy atom. The molecule has 224 valence electrons. The maximum Gasteiger partial charge on any atom is 0.410 e. The molecule has 43 heavy (non-hydrogen) atoms. The third-order valence-electron chi connectivity index (χ3n) is 7.70. The molecule has 1 amide bonds. The van der Waals surface area contributed by atoms with Crippen molar-refractivity contribution >= 4 is 11.8 Å². The zero-order valence-electron chi connectivity index (χ0n) is 23.8. The number of hydrogen-bond acceptors (Lipinski definition) is 6. The van der Waals surface area contributed by atoms with Crippen LogP contribution in [0.3, 0.4) is 0 Å². The third kappa shape index (κ3) is 6.51. The van der Waals surface area contributed by atoms with Crippen LogP contribution >= 0.6 is 0 Å². The summed E-state index contributed by atoms with van der Waals surface area (Å²) in [6, 6.07) is 21.2. The Kier molecular flexibility index (Phi) is 9.01. The second-order valence-electron chi connectivity index (χ2n) is 10.5. The number of ether oxygens (including phenoxy) is 1. The molecule has 0 bridgehead atoms. The van der Waals surface area contributed by atoms with Crippen molar-refractivity contribution in [3.05, 3.63) is 134 Å². The highest BCUT2D eigenvalue weighted by molar-refractivity contribution is 5.68. The summed E-state index contributed by atoms with van der Waals surface area (Å²) < 4.78 is 37.0. The Balaban J connectivity index is 1.44. The maximum absolute atomic E-state index is 14.7. The monoisotopic (exact) mass is 589 g/mol. The van der Waals surface area contributed by atoms with Crippen molar-refractivity contribution in [3.8, 4) is 0 Å². The van der Waals surface area contributed by atoms with Crippen LogP contribution in [-0.2, 0) is 24.4 Å². The van der Waals surface area contributed by atoms with Gasteiger partial charge in [-0.1, -0.05) is 66.7 Å². The first-order valence-corrected chi connectivity index (χ1v) is 14.0. The van der Waals surface area contributed by atoms with E-state index in [1.165, 1.54) is 10.6 Å².